The van der Waals surface area contributed by atoms with E-state index in [0.717, 1.165) is 22.4 Å². The van der Waals surface area contributed by atoms with Gasteiger partial charge in [0.2, 0.25) is 5.89 Å². The van der Waals surface area contributed by atoms with Crippen molar-refractivity contribution in [2.45, 2.75) is 43.1 Å². The Labute approximate surface area is 110 Å². The zero-order valence-corrected chi connectivity index (χ0v) is 12.1. The number of oxazole rings is 1. The lowest BCUT2D eigenvalue weighted by molar-refractivity contribution is 0.391. The Balaban J connectivity index is 1.98. The highest BCUT2D eigenvalue weighted by Gasteiger charge is 2.19. The molecule has 17 heavy (non-hydrogen) atoms. The van der Waals surface area contributed by atoms with Crippen molar-refractivity contribution >= 4 is 23.1 Å². The lowest BCUT2D eigenvalue weighted by Gasteiger charge is -2.12. The van der Waals surface area contributed by atoms with Crippen LogP contribution in [0.1, 0.15) is 37.4 Å². The molecule has 0 bridgehead atoms. The first-order valence-corrected chi connectivity index (χ1v) is 7.26. The van der Waals surface area contributed by atoms with E-state index in [1.807, 2.05) is 19.3 Å². The number of hydrogen-bond acceptors (Lipinski definition) is 5. The van der Waals surface area contributed by atoms with Crippen molar-refractivity contribution in [1.82, 2.24) is 9.97 Å². The van der Waals surface area contributed by atoms with Crippen molar-refractivity contribution in [2.24, 2.45) is 0 Å². The molecule has 0 aliphatic carbocycles. The van der Waals surface area contributed by atoms with Crippen molar-refractivity contribution in [3.8, 4) is 0 Å². The van der Waals surface area contributed by atoms with E-state index in [1.165, 1.54) is 4.21 Å². The van der Waals surface area contributed by atoms with Crippen molar-refractivity contribution in [1.29, 1.82) is 0 Å². The number of rotatable bonds is 3. The number of aromatic nitrogens is 2. The van der Waals surface area contributed by atoms with E-state index >= 15 is 0 Å². The molecule has 0 saturated heterocycles. The molecule has 0 saturated carbocycles. The molecule has 0 amide bonds. The van der Waals surface area contributed by atoms with Crippen LogP contribution in [0.25, 0.3) is 0 Å². The van der Waals surface area contributed by atoms with Gasteiger partial charge in [0.15, 0.2) is 0 Å². The summed E-state index contributed by atoms with van der Waals surface area (Å²) < 4.78 is 6.94. The van der Waals surface area contributed by atoms with E-state index < -0.39 is 0 Å². The fourth-order valence-corrected chi connectivity index (χ4v) is 3.07. The zero-order valence-electron chi connectivity index (χ0n) is 10.5. The number of nitrogens with zero attached hydrogens (tertiary/aromatic N) is 2. The highest BCUT2D eigenvalue weighted by atomic mass is 32.2. The lowest BCUT2D eigenvalue weighted by atomic mass is 9.94. The van der Waals surface area contributed by atoms with Crippen LogP contribution in [0.2, 0.25) is 0 Å². The lowest BCUT2D eigenvalue weighted by Crippen LogP contribution is -2.09. The first kappa shape index (κ1) is 12.6. The van der Waals surface area contributed by atoms with Crippen molar-refractivity contribution < 1.29 is 4.42 Å². The minimum Gasteiger partial charge on any atom is -0.444 e. The molecule has 0 unspecified atom stereocenters. The summed E-state index contributed by atoms with van der Waals surface area (Å²) in [5.74, 6) is 2.48. The van der Waals surface area contributed by atoms with E-state index in [1.54, 1.807) is 23.1 Å². The third kappa shape index (κ3) is 3.33. The van der Waals surface area contributed by atoms with E-state index in [9.17, 15) is 0 Å². The second kappa shape index (κ2) is 4.82. The van der Waals surface area contributed by atoms with Crippen LogP contribution >= 0.6 is 23.1 Å². The first-order valence-electron chi connectivity index (χ1n) is 5.45. The second-order valence-corrected chi connectivity index (χ2v) is 7.37. The molecule has 0 aliphatic rings. The molecule has 2 aromatic heterocycles. The molecule has 2 heterocycles. The Morgan fingerprint density at radius 1 is 1.29 bits per heavy atom. The number of thioether (sulfide) groups is 1. The van der Waals surface area contributed by atoms with E-state index in [-0.39, 0.29) is 5.41 Å². The van der Waals surface area contributed by atoms with Gasteiger partial charge in [-0.25, -0.2) is 9.97 Å². The van der Waals surface area contributed by atoms with Crippen LogP contribution in [0.15, 0.2) is 21.0 Å². The average molecular weight is 268 g/mol. The third-order valence-electron chi connectivity index (χ3n) is 2.23. The molecular weight excluding hydrogens is 252 g/mol. The molecule has 0 N–H and O–H groups in total. The quantitative estimate of drug-likeness (QED) is 0.788. The maximum atomic E-state index is 5.73. The van der Waals surface area contributed by atoms with Gasteiger partial charge in [-0.1, -0.05) is 20.8 Å². The standard InChI is InChI=1S/C12H16N2OS2/c1-8-13-6-11(17-8)16-7-10-14-5-9(15-10)12(2,3)4/h5-6H,7H2,1-4H3. The molecule has 3 nitrogen and oxygen atoms in total. The molecule has 5 heteroatoms. The fraction of sp³-hybridized carbons (Fsp3) is 0.500. The molecule has 0 atom stereocenters. The molecule has 0 aliphatic heterocycles. The maximum Gasteiger partial charge on any atom is 0.204 e. The molecule has 92 valence electrons. The van der Waals surface area contributed by atoms with Crippen molar-refractivity contribution in [3.05, 3.63) is 29.1 Å². The van der Waals surface area contributed by atoms with Crippen LogP contribution in [-0.4, -0.2) is 9.97 Å². The Morgan fingerprint density at radius 2 is 2.06 bits per heavy atom. The van der Waals surface area contributed by atoms with Gasteiger partial charge < -0.3 is 4.42 Å². The normalized spacial score (nSPS) is 12.0. The smallest absolute Gasteiger partial charge is 0.204 e. The predicted molar refractivity (Wildman–Crippen MR) is 71.6 cm³/mol. The third-order valence-corrected chi connectivity index (χ3v) is 4.32. The Morgan fingerprint density at radius 3 is 2.59 bits per heavy atom. The molecule has 0 aromatic carbocycles. The van der Waals surface area contributed by atoms with E-state index in [2.05, 4.69) is 30.7 Å². The van der Waals surface area contributed by atoms with Gasteiger partial charge in [-0.2, -0.15) is 0 Å². The average Bonchev–Trinajstić information content (AvgIpc) is 2.82. The highest BCUT2D eigenvalue weighted by Crippen LogP contribution is 2.29. The van der Waals surface area contributed by atoms with E-state index in [0.29, 0.717) is 0 Å². The summed E-state index contributed by atoms with van der Waals surface area (Å²) in [5.41, 5.74) is 0.0248. The second-order valence-electron chi connectivity index (χ2n) is 4.86. The van der Waals surface area contributed by atoms with Crippen LogP contribution in [0.4, 0.5) is 0 Å². The van der Waals surface area contributed by atoms with Gasteiger partial charge in [0.1, 0.15) is 5.76 Å². The first-order chi connectivity index (χ1) is 7.95. The van der Waals surface area contributed by atoms with Gasteiger partial charge in [0.05, 0.1) is 27.4 Å². The van der Waals surface area contributed by atoms with Crippen LogP contribution in [0, 0.1) is 6.92 Å². The number of hydrogen-bond donors (Lipinski definition) is 0. The van der Waals surface area contributed by atoms with E-state index in [4.69, 9.17) is 4.42 Å². The van der Waals surface area contributed by atoms with Crippen LogP contribution in [0.3, 0.4) is 0 Å². The summed E-state index contributed by atoms with van der Waals surface area (Å²) in [4.78, 5) is 8.52. The summed E-state index contributed by atoms with van der Waals surface area (Å²) in [5, 5.41) is 1.09. The maximum absolute atomic E-state index is 5.73. The van der Waals surface area contributed by atoms with Crippen molar-refractivity contribution in [3.63, 3.8) is 0 Å². The highest BCUT2D eigenvalue weighted by molar-refractivity contribution is 8.00. The van der Waals surface area contributed by atoms with Crippen LogP contribution < -0.4 is 0 Å². The van der Waals surface area contributed by atoms with Gasteiger partial charge in [-0.3, -0.25) is 0 Å². The Kier molecular flexibility index (Phi) is 3.58. The van der Waals surface area contributed by atoms with Gasteiger partial charge >= 0.3 is 0 Å². The van der Waals surface area contributed by atoms with Gasteiger partial charge in [0, 0.05) is 5.41 Å². The zero-order chi connectivity index (χ0) is 12.5. The van der Waals surface area contributed by atoms with Crippen LogP contribution in [0.5, 0.6) is 0 Å². The topological polar surface area (TPSA) is 38.9 Å². The number of thiazole rings is 1. The van der Waals surface area contributed by atoms with Crippen LogP contribution in [-0.2, 0) is 11.2 Å². The summed E-state index contributed by atoms with van der Waals surface area (Å²) in [7, 11) is 0. The van der Waals surface area contributed by atoms with Gasteiger partial charge in [0.25, 0.3) is 0 Å². The molecule has 2 rings (SSSR count). The molecule has 0 fully saturated rings. The minimum atomic E-state index is 0.0248. The SMILES string of the molecule is Cc1ncc(SCc2ncc(C(C)(C)C)o2)s1. The van der Waals surface area contributed by atoms with Crippen molar-refractivity contribution in [2.75, 3.05) is 0 Å². The Hall–Kier alpha value is -0.810. The Bertz CT molecular complexity index is 497. The fourth-order valence-electron chi connectivity index (χ4n) is 1.27. The number of aryl methyl sites for hydroxylation is 1. The minimum absolute atomic E-state index is 0.0248. The van der Waals surface area contributed by atoms with Gasteiger partial charge in [-0.15, -0.1) is 23.1 Å². The summed E-state index contributed by atoms with van der Waals surface area (Å²) in [6.45, 7) is 8.38. The predicted octanol–water partition coefficient (Wildman–Crippen LogP) is 4.03. The summed E-state index contributed by atoms with van der Waals surface area (Å²) >= 11 is 3.42. The molecule has 0 radical (unpaired) electrons. The van der Waals surface area contributed by atoms with Gasteiger partial charge in [-0.05, 0) is 6.92 Å². The largest absolute Gasteiger partial charge is 0.444 e. The summed E-state index contributed by atoms with van der Waals surface area (Å²) in [6, 6.07) is 0. The molecule has 0 spiro atoms. The monoisotopic (exact) mass is 268 g/mol. The molecule has 2 aromatic rings. The summed E-state index contributed by atoms with van der Waals surface area (Å²) in [6.07, 6.45) is 3.73. The molecular formula is C12H16N2OS2.